The van der Waals surface area contributed by atoms with E-state index in [9.17, 15) is 13.2 Å². The number of hydrogen-bond donors (Lipinski definition) is 1. The highest BCUT2D eigenvalue weighted by molar-refractivity contribution is 5.30. The fourth-order valence-corrected chi connectivity index (χ4v) is 1.99. The van der Waals surface area contributed by atoms with E-state index >= 15 is 0 Å². The molecule has 0 heterocycles. The molecule has 2 aromatic carbocycles. The van der Waals surface area contributed by atoms with Gasteiger partial charge in [0.15, 0.2) is 11.6 Å². The molecular formula is C16H16F3NO. The van der Waals surface area contributed by atoms with Gasteiger partial charge in [0.2, 0.25) is 0 Å². The van der Waals surface area contributed by atoms with Crippen molar-refractivity contribution in [1.29, 1.82) is 0 Å². The van der Waals surface area contributed by atoms with Gasteiger partial charge in [-0.1, -0.05) is 12.1 Å². The van der Waals surface area contributed by atoms with Gasteiger partial charge in [0.25, 0.3) is 0 Å². The molecule has 0 radical (unpaired) electrons. The van der Waals surface area contributed by atoms with Crippen molar-refractivity contribution in [2.45, 2.75) is 19.5 Å². The number of halogens is 3. The zero-order valence-corrected chi connectivity index (χ0v) is 11.8. The first kappa shape index (κ1) is 15.4. The maximum Gasteiger partial charge on any atom is 0.161 e. The normalized spacial score (nSPS) is 12.2. The summed E-state index contributed by atoms with van der Waals surface area (Å²) in [6.07, 6.45) is 0. The second kappa shape index (κ2) is 6.63. The Morgan fingerprint density at radius 2 is 1.76 bits per heavy atom. The fourth-order valence-electron chi connectivity index (χ4n) is 1.99. The number of rotatable bonds is 5. The predicted octanol–water partition coefficient (Wildman–Crippen LogP) is 3.96. The highest BCUT2D eigenvalue weighted by atomic mass is 19.2. The first-order valence-electron chi connectivity index (χ1n) is 6.52. The average molecular weight is 295 g/mol. The van der Waals surface area contributed by atoms with Crippen molar-refractivity contribution in [3.05, 3.63) is 65.0 Å². The lowest BCUT2D eigenvalue weighted by Gasteiger charge is -2.15. The van der Waals surface area contributed by atoms with Crippen molar-refractivity contribution in [3.8, 4) is 5.75 Å². The molecular weight excluding hydrogens is 279 g/mol. The van der Waals surface area contributed by atoms with Crippen molar-refractivity contribution in [3.63, 3.8) is 0 Å². The molecule has 5 heteroatoms. The Labute approximate surface area is 121 Å². The molecule has 0 aromatic heterocycles. The number of ether oxygens (including phenoxy) is 1. The zero-order chi connectivity index (χ0) is 15.4. The van der Waals surface area contributed by atoms with Gasteiger partial charge in [-0.3, -0.25) is 0 Å². The van der Waals surface area contributed by atoms with Crippen LogP contribution in [0.5, 0.6) is 5.75 Å². The van der Waals surface area contributed by atoms with E-state index in [1.807, 2.05) is 31.2 Å². The summed E-state index contributed by atoms with van der Waals surface area (Å²) in [6, 6.07) is 8.78. The molecule has 0 fully saturated rings. The van der Waals surface area contributed by atoms with Crippen molar-refractivity contribution < 1.29 is 17.9 Å². The third-order valence-corrected chi connectivity index (χ3v) is 3.28. The lowest BCUT2D eigenvalue weighted by Crippen LogP contribution is -2.19. The van der Waals surface area contributed by atoms with E-state index in [1.165, 1.54) is 0 Å². The lowest BCUT2D eigenvalue weighted by molar-refractivity contribution is 0.413. The van der Waals surface area contributed by atoms with Gasteiger partial charge in [0.1, 0.15) is 11.6 Å². The number of methoxy groups -OCH3 is 1. The minimum Gasteiger partial charge on any atom is -0.497 e. The van der Waals surface area contributed by atoms with E-state index < -0.39 is 17.5 Å². The first-order valence-corrected chi connectivity index (χ1v) is 6.52. The lowest BCUT2D eigenvalue weighted by atomic mass is 10.1. The van der Waals surface area contributed by atoms with Gasteiger partial charge in [-0.25, -0.2) is 13.2 Å². The molecule has 0 spiro atoms. The quantitative estimate of drug-likeness (QED) is 0.843. The molecule has 2 aromatic rings. The summed E-state index contributed by atoms with van der Waals surface area (Å²) >= 11 is 0. The van der Waals surface area contributed by atoms with Gasteiger partial charge in [0.05, 0.1) is 7.11 Å². The van der Waals surface area contributed by atoms with Crippen LogP contribution in [0.2, 0.25) is 0 Å². The predicted molar refractivity (Wildman–Crippen MR) is 74.6 cm³/mol. The van der Waals surface area contributed by atoms with Crippen LogP contribution in [0.15, 0.2) is 36.4 Å². The summed E-state index contributed by atoms with van der Waals surface area (Å²) in [5.74, 6) is -2.28. The van der Waals surface area contributed by atoms with Gasteiger partial charge in [-0.05, 0) is 30.7 Å². The van der Waals surface area contributed by atoms with Crippen molar-refractivity contribution in [2.24, 2.45) is 0 Å². The second-order valence-corrected chi connectivity index (χ2v) is 4.74. The van der Waals surface area contributed by atoms with Crippen LogP contribution >= 0.6 is 0 Å². The minimum absolute atomic E-state index is 0.0867. The van der Waals surface area contributed by atoms with Crippen molar-refractivity contribution >= 4 is 0 Å². The Morgan fingerprint density at radius 1 is 1.05 bits per heavy atom. The molecule has 0 aliphatic carbocycles. The van der Waals surface area contributed by atoms with E-state index in [1.54, 1.807) is 7.11 Å². The molecule has 21 heavy (non-hydrogen) atoms. The molecule has 0 amide bonds. The SMILES string of the molecule is COc1cccc([C@@H](C)NCc2cc(F)c(F)cc2F)c1. The standard InChI is InChI=1S/C16H16F3NO/c1-10(11-4-3-5-13(6-11)21-2)20-9-12-7-15(18)16(19)8-14(12)17/h3-8,10,20H,9H2,1-2H3/t10-/m1/s1. The van der Waals surface area contributed by atoms with E-state index in [2.05, 4.69) is 5.32 Å². The van der Waals surface area contributed by atoms with E-state index in [-0.39, 0.29) is 18.2 Å². The molecule has 0 saturated carbocycles. The van der Waals surface area contributed by atoms with Crippen LogP contribution in [0.4, 0.5) is 13.2 Å². The Morgan fingerprint density at radius 3 is 2.48 bits per heavy atom. The molecule has 2 nitrogen and oxygen atoms in total. The maximum atomic E-state index is 13.5. The molecule has 1 N–H and O–H groups in total. The van der Waals surface area contributed by atoms with Crippen LogP contribution in [-0.2, 0) is 6.54 Å². The van der Waals surface area contributed by atoms with E-state index in [0.717, 1.165) is 17.4 Å². The smallest absolute Gasteiger partial charge is 0.161 e. The average Bonchev–Trinajstić information content (AvgIpc) is 2.49. The van der Waals surface area contributed by atoms with Gasteiger partial charge < -0.3 is 10.1 Å². The monoisotopic (exact) mass is 295 g/mol. The molecule has 2 rings (SSSR count). The summed E-state index contributed by atoms with van der Waals surface area (Å²) in [4.78, 5) is 0. The summed E-state index contributed by atoms with van der Waals surface area (Å²) in [7, 11) is 1.58. The molecule has 112 valence electrons. The largest absolute Gasteiger partial charge is 0.497 e. The molecule has 0 aliphatic heterocycles. The topological polar surface area (TPSA) is 21.3 Å². The van der Waals surface area contributed by atoms with Gasteiger partial charge in [0, 0.05) is 24.2 Å². The summed E-state index contributed by atoms with van der Waals surface area (Å²) in [5.41, 5.74) is 1.04. The first-order chi connectivity index (χ1) is 10.0. The number of nitrogens with one attached hydrogen (secondary N) is 1. The molecule has 0 bridgehead atoms. The number of benzene rings is 2. The van der Waals surface area contributed by atoms with Crippen LogP contribution in [-0.4, -0.2) is 7.11 Å². The minimum atomic E-state index is -1.18. The van der Waals surface area contributed by atoms with Crippen molar-refractivity contribution in [1.82, 2.24) is 5.32 Å². The zero-order valence-electron chi connectivity index (χ0n) is 11.8. The van der Waals surface area contributed by atoms with Crippen LogP contribution in [0.1, 0.15) is 24.1 Å². The summed E-state index contributed by atoms with van der Waals surface area (Å²) in [6.45, 7) is 1.99. The highest BCUT2D eigenvalue weighted by Gasteiger charge is 2.11. The summed E-state index contributed by atoms with van der Waals surface area (Å²) in [5, 5.41) is 3.07. The third-order valence-electron chi connectivity index (χ3n) is 3.28. The Kier molecular flexibility index (Phi) is 4.85. The number of hydrogen-bond acceptors (Lipinski definition) is 2. The highest BCUT2D eigenvalue weighted by Crippen LogP contribution is 2.20. The van der Waals surface area contributed by atoms with E-state index in [4.69, 9.17) is 4.74 Å². The van der Waals surface area contributed by atoms with Gasteiger partial charge in [-0.2, -0.15) is 0 Å². The fraction of sp³-hybridized carbons (Fsp3) is 0.250. The van der Waals surface area contributed by atoms with Gasteiger partial charge >= 0.3 is 0 Å². The Hall–Kier alpha value is -2.01. The molecule has 1 atom stereocenters. The van der Waals surface area contributed by atoms with E-state index in [0.29, 0.717) is 6.07 Å². The molecule has 0 unspecified atom stereocenters. The van der Waals surface area contributed by atoms with Crippen LogP contribution in [0.3, 0.4) is 0 Å². The Balaban J connectivity index is 2.07. The summed E-state index contributed by atoms with van der Waals surface area (Å²) < 4.78 is 44.6. The third kappa shape index (κ3) is 3.76. The van der Waals surface area contributed by atoms with Crippen LogP contribution in [0.25, 0.3) is 0 Å². The van der Waals surface area contributed by atoms with Crippen LogP contribution in [0, 0.1) is 17.5 Å². The van der Waals surface area contributed by atoms with Crippen LogP contribution < -0.4 is 10.1 Å². The molecule has 0 saturated heterocycles. The Bertz CT molecular complexity index is 631. The second-order valence-electron chi connectivity index (χ2n) is 4.74. The maximum absolute atomic E-state index is 13.5. The van der Waals surface area contributed by atoms with Crippen molar-refractivity contribution in [2.75, 3.05) is 7.11 Å². The van der Waals surface area contributed by atoms with Gasteiger partial charge in [-0.15, -0.1) is 0 Å². The molecule has 0 aliphatic rings.